The molecule has 0 fully saturated rings. The van der Waals surface area contributed by atoms with Gasteiger partial charge in [0.2, 0.25) is 0 Å². The Morgan fingerprint density at radius 1 is 1.19 bits per heavy atom. The third kappa shape index (κ3) is 10.0. The number of nitrogens with one attached hydrogen (secondary N) is 2. The zero-order valence-corrected chi connectivity index (χ0v) is 17.3. The van der Waals surface area contributed by atoms with Crippen molar-refractivity contribution in [1.29, 1.82) is 0 Å². The van der Waals surface area contributed by atoms with Crippen molar-refractivity contribution in [1.82, 2.24) is 0 Å². The summed E-state index contributed by atoms with van der Waals surface area (Å²) in [5.74, 6) is 1.01. The number of nitrogens with two attached hydrogens (primary N) is 1. The summed E-state index contributed by atoms with van der Waals surface area (Å²) in [6.45, 7) is 17.2. The van der Waals surface area contributed by atoms with Crippen LogP contribution in [0.1, 0.15) is 46.5 Å². The van der Waals surface area contributed by atoms with Crippen molar-refractivity contribution in [2.45, 2.75) is 46.5 Å². The molecule has 0 aliphatic carbocycles. The second-order valence-electron chi connectivity index (χ2n) is 5.73. The van der Waals surface area contributed by atoms with Gasteiger partial charge < -0.3 is 16.4 Å². The highest BCUT2D eigenvalue weighted by Gasteiger charge is 2.03. The van der Waals surface area contributed by atoms with Gasteiger partial charge >= 0.3 is 0 Å². The number of allylic oxidation sites excluding steroid dienone is 3. The molecule has 0 atom stereocenters. The number of benzene rings is 1. The molecule has 0 amide bonds. The first-order chi connectivity index (χ1) is 13.0. The van der Waals surface area contributed by atoms with E-state index in [4.69, 9.17) is 5.73 Å². The molecule has 0 radical (unpaired) electrons. The van der Waals surface area contributed by atoms with Gasteiger partial charge in [0.05, 0.1) is 5.84 Å². The van der Waals surface area contributed by atoms with Gasteiger partial charge in [0.1, 0.15) is 0 Å². The van der Waals surface area contributed by atoms with Crippen LogP contribution in [0.3, 0.4) is 0 Å². The molecule has 5 nitrogen and oxygen atoms in total. The lowest BCUT2D eigenvalue weighted by Gasteiger charge is -2.11. The summed E-state index contributed by atoms with van der Waals surface area (Å²) in [5.41, 5.74) is 9.68. The summed E-state index contributed by atoms with van der Waals surface area (Å²) in [6.07, 6.45) is 5.48. The molecule has 1 aromatic rings. The highest BCUT2D eigenvalue weighted by atomic mass is 15.0. The van der Waals surface area contributed by atoms with Gasteiger partial charge in [-0.25, -0.2) is 9.98 Å². The molecule has 0 aromatic heterocycles. The minimum absolute atomic E-state index is 0.461. The Morgan fingerprint density at radius 2 is 1.81 bits per heavy atom. The van der Waals surface area contributed by atoms with Crippen molar-refractivity contribution in [2.24, 2.45) is 15.7 Å². The molecule has 1 aromatic carbocycles. The number of aliphatic imine (C=N–C) groups is 2. The van der Waals surface area contributed by atoms with E-state index in [1.807, 2.05) is 39.1 Å². The van der Waals surface area contributed by atoms with Crippen molar-refractivity contribution >= 4 is 23.9 Å². The van der Waals surface area contributed by atoms with E-state index in [9.17, 15) is 0 Å². The monoisotopic (exact) mass is 369 g/mol. The summed E-state index contributed by atoms with van der Waals surface area (Å²) in [4.78, 5) is 8.13. The summed E-state index contributed by atoms with van der Waals surface area (Å²) >= 11 is 0. The summed E-state index contributed by atoms with van der Waals surface area (Å²) in [6, 6.07) is 8.11. The minimum Gasteiger partial charge on any atom is -0.388 e. The largest absolute Gasteiger partial charge is 0.388 e. The first kappa shape index (κ1) is 24.2. The number of nitrogens with zero attached hydrogens (tertiary/aromatic N) is 2. The summed E-state index contributed by atoms with van der Waals surface area (Å²) < 4.78 is 0. The molecule has 4 N–H and O–H groups in total. The van der Waals surface area contributed by atoms with E-state index >= 15 is 0 Å². The van der Waals surface area contributed by atoms with E-state index in [-0.39, 0.29) is 0 Å². The van der Waals surface area contributed by atoms with Crippen molar-refractivity contribution in [3.8, 4) is 0 Å². The minimum atomic E-state index is 0.461. The standard InChI is InChI=1S/C20H29N5.C2H6/c1-6-17(20(23-5)25-16(3)21)11-8-7-10-15(2)24-19-13-9-12-18(14-19)22-4;1-2/h6,9,12-14,22,24H,1-2,5,7-8,10-11H2,3-4H3,(H2,21,25);1-2H3/b20-17+;. The highest BCUT2D eigenvalue weighted by Crippen LogP contribution is 2.20. The van der Waals surface area contributed by atoms with E-state index in [0.717, 1.165) is 48.3 Å². The molecule has 5 heteroatoms. The second kappa shape index (κ2) is 14.4. The van der Waals surface area contributed by atoms with Gasteiger partial charge in [-0.05, 0) is 63.1 Å². The molecule has 0 bridgehead atoms. The highest BCUT2D eigenvalue weighted by molar-refractivity contribution is 5.78. The van der Waals surface area contributed by atoms with E-state index in [2.05, 4.69) is 46.6 Å². The van der Waals surface area contributed by atoms with Crippen LogP contribution in [-0.4, -0.2) is 19.6 Å². The lowest BCUT2D eigenvalue weighted by atomic mass is 10.1. The van der Waals surface area contributed by atoms with Gasteiger partial charge in [0.15, 0.2) is 5.82 Å². The number of hydrogen-bond donors (Lipinski definition) is 3. The van der Waals surface area contributed by atoms with Gasteiger partial charge in [0.25, 0.3) is 0 Å². The fourth-order valence-corrected chi connectivity index (χ4v) is 2.35. The maximum Gasteiger partial charge on any atom is 0.156 e. The molecule has 0 spiro atoms. The van der Waals surface area contributed by atoms with Crippen LogP contribution < -0.4 is 16.4 Å². The molecule has 0 saturated carbocycles. The first-order valence-corrected chi connectivity index (χ1v) is 9.35. The summed E-state index contributed by atoms with van der Waals surface area (Å²) in [5, 5.41) is 6.47. The summed E-state index contributed by atoms with van der Waals surface area (Å²) in [7, 11) is 1.90. The van der Waals surface area contributed by atoms with Gasteiger partial charge in [-0.15, -0.1) is 0 Å². The van der Waals surface area contributed by atoms with Crippen LogP contribution in [0.5, 0.6) is 0 Å². The maximum absolute atomic E-state index is 5.62. The number of rotatable bonds is 11. The van der Waals surface area contributed by atoms with Crippen molar-refractivity contribution in [2.75, 3.05) is 17.7 Å². The van der Waals surface area contributed by atoms with Crippen molar-refractivity contribution in [3.05, 3.63) is 60.6 Å². The number of anilines is 2. The van der Waals surface area contributed by atoms with Gasteiger partial charge in [0, 0.05) is 24.1 Å². The molecule has 27 heavy (non-hydrogen) atoms. The van der Waals surface area contributed by atoms with Crippen LogP contribution in [0, 0.1) is 0 Å². The maximum atomic E-state index is 5.62. The third-order valence-corrected chi connectivity index (χ3v) is 3.61. The Morgan fingerprint density at radius 3 is 2.37 bits per heavy atom. The lowest BCUT2D eigenvalue weighted by Crippen LogP contribution is -2.05. The first-order valence-electron chi connectivity index (χ1n) is 9.35. The van der Waals surface area contributed by atoms with E-state index < -0.39 is 0 Å². The average molecular weight is 370 g/mol. The Hall–Kier alpha value is -2.82. The van der Waals surface area contributed by atoms with Crippen LogP contribution in [0.15, 0.2) is 70.6 Å². The fraction of sp³-hybridized carbons (Fsp3) is 0.364. The molecular formula is C22H35N5. The quantitative estimate of drug-likeness (QED) is 0.202. The van der Waals surface area contributed by atoms with Gasteiger partial charge in [-0.3, -0.25) is 0 Å². The molecular weight excluding hydrogens is 334 g/mol. The molecule has 0 aliphatic heterocycles. The average Bonchev–Trinajstić information content (AvgIpc) is 2.68. The smallest absolute Gasteiger partial charge is 0.156 e. The topological polar surface area (TPSA) is 74.8 Å². The third-order valence-electron chi connectivity index (χ3n) is 3.61. The van der Waals surface area contributed by atoms with Gasteiger partial charge in [-0.2, -0.15) is 0 Å². The zero-order valence-electron chi connectivity index (χ0n) is 17.3. The van der Waals surface area contributed by atoms with Gasteiger partial charge in [-0.1, -0.05) is 39.1 Å². The molecule has 1 rings (SSSR count). The lowest BCUT2D eigenvalue weighted by molar-refractivity contribution is 0.730. The molecule has 0 aliphatic rings. The van der Waals surface area contributed by atoms with Crippen LogP contribution in [0.25, 0.3) is 0 Å². The Labute approximate surface area is 164 Å². The number of amidine groups is 1. The van der Waals surface area contributed by atoms with Crippen LogP contribution in [-0.2, 0) is 0 Å². The predicted octanol–water partition coefficient (Wildman–Crippen LogP) is 5.72. The Balaban J connectivity index is 0.00000326. The normalized spacial score (nSPS) is 11.5. The SMILES string of the molecule is C=C/C(CCCCC(=C)Nc1cccc(NC)c1)=C(N=C)\N=C(\C)N.CC. The predicted molar refractivity (Wildman–Crippen MR) is 123 cm³/mol. The van der Waals surface area contributed by atoms with E-state index in [1.54, 1.807) is 13.0 Å². The van der Waals surface area contributed by atoms with E-state index in [0.29, 0.717) is 11.7 Å². The molecule has 0 saturated heterocycles. The molecule has 148 valence electrons. The van der Waals surface area contributed by atoms with Crippen LogP contribution >= 0.6 is 0 Å². The van der Waals surface area contributed by atoms with Crippen LogP contribution in [0.2, 0.25) is 0 Å². The Bertz CT molecular complexity index is 667. The zero-order chi connectivity index (χ0) is 20.7. The fourth-order valence-electron chi connectivity index (χ4n) is 2.35. The van der Waals surface area contributed by atoms with Crippen LogP contribution in [0.4, 0.5) is 11.4 Å². The van der Waals surface area contributed by atoms with E-state index in [1.165, 1.54) is 0 Å². The second-order valence-corrected chi connectivity index (χ2v) is 5.73. The van der Waals surface area contributed by atoms with Crippen molar-refractivity contribution < 1.29 is 0 Å². The number of unbranched alkanes of at least 4 members (excludes halogenated alkanes) is 1. The molecule has 0 unspecified atom stereocenters. The van der Waals surface area contributed by atoms with Crippen molar-refractivity contribution in [3.63, 3.8) is 0 Å². The Kier molecular flexibility index (Phi) is 12.9. The number of hydrogen-bond acceptors (Lipinski definition) is 4. The molecule has 0 heterocycles.